The average Bonchev–Trinajstić information content (AvgIpc) is 2.74. The van der Waals surface area contributed by atoms with Crippen LogP contribution in [0.5, 0.6) is 11.5 Å². The maximum atomic E-state index is 12.9. The minimum atomic E-state index is -4.61. The van der Waals surface area contributed by atoms with Crippen LogP contribution in [-0.2, 0) is 10.9 Å². The predicted molar refractivity (Wildman–Crippen MR) is 67.7 cm³/mol. The van der Waals surface area contributed by atoms with Crippen LogP contribution in [0.25, 0.3) is 0 Å². The summed E-state index contributed by atoms with van der Waals surface area (Å²) in [7, 11) is 0. The molecule has 0 unspecified atom stereocenters. The fourth-order valence-electron chi connectivity index (χ4n) is 2.10. The predicted octanol–water partition coefficient (Wildman–Crippen LogP) is 3.81. The van der Waals surface area contributed by atoms with Gasteiger partial charge in [-0.2, -0.15) is 13.2 Å². The van der Waals surface area contributed by atoms with Gasteiger partial charge in [0.1, 0.15) is 17.1 Å². The largest absolute Gasteiger partial charge is 0.456 e. The van der Waals surface area contributed by atoms with E-state index in [4.69, 9.17) is 4.74 Å². The van der Waals surface area contributed by atoms with Crippen LogP contribution < -0.4 is 4.74 Å². The van der Waals surface area contributed by atoms with Crippen LogP contribution in [0.1, 0.15) is 26.3 Å². The van der Waals surface area contributed by atoms with E-state index in [9.17, 15) is 22.8 Å². The SMILES string of the molecule is O=C1OC(=O)c2c(Oc3ccccc3C(F)(F)F)cccc21. The van der Waals surface area contributed by atoms with Crippen molar-refractivity contribution in [2.75, 3.05) is 0 Å². The summed E-state index contributed by atoms with van der Waals surface area (Å²) >= 11 is 0. The Kier molecular flexibility index (Phi) is 3.13. The number of rotatable bonds is 2. The van der Waals surface area contributed by atoms with Gasteiger partial charge in [0, 0.05) is 0 Å². The molecule has 1 aliphatic rings. The Balaban J connectivity index is 2.07. The highest BCUT2D eigenvalue weighted by atomic mass is 19.4. The molecule has 7 heteroatoms. The Morgan fingerprint density at radius 1 is 0.864 bits per heavy atom. The molecule has 0 bridgehead atoms. The molecule has 0 saturated carbocycles. The second-order valence-electron chi connectivity index (χ2n) is 4.45. The summed E-state index contributed by atoms with van der Waals surface area (Å²) in [6.07, 6.45) is -4.61. The number of alkyl halides is 3. The molecule has 1 aliphatic heterocycles. The molecule has 0 atom stereocenters. The maximum absolute atomic E-state index is 12.9. The van der Waals surface area contributed by atoms with Crippen molar-refractivity contribution in [1.82, 2.24) is 0 Å². The van der Waals surface area contributed by atoms with Crippen molar-refractivity contribution < 1.29 is 32.2 Å². The lowest BCUT2D eigenvalue weighted by Gasteiger charge is -2.14. The van der Waals surface area contributed by atoms with Gasteiger partial charge in [0.15, 0.2) is 0 Å². The fourth-order valence-corrected chi connectivity index (χ4v) is 2.10. The Morgan fingerprint density at radius 2 is 1.55 bits per heavy atom. The van der Waals surface area contributed by atoms with Crippen LogP contribution in [0, 0.1) is 0 Å². The minimum Gasteiger partial charge on any atom is -0.456 e. The molecule has 0 fully saturated rings. The van der Waals surface area contributed by atoms with Gasteiger partial charge >= 0.3 is 18.1 Å². The van der Waals surface area contributed by atoms with E-state index in [1.807, 2.05) is 0 Å². The third kappa shape index (κ3) is 2.30. The molecule has 0 N–H and O–H groups in total. The summed E-state index contributed by atoms with van der Waals surface area (Å²) in [6, 6.07) is 8.62. The normalized spacial score (nSPS) is 13.8. The number of para-hydroxylation sites is 1. The quantitative estimate of drug-likeness (QED) is 0.625. The molecule has 0 aromatic heterocycles. The molecule has 2 aromatic rings. The van der Waals surface area contributed by atoms with Crippen molar-refractivity contribution in [2.45, 2.75) is 6.18 Å². The van der Waals surface area contributed by atoms with E-state index >= 15 is 0 Å². The van der Waals surface area contributed by atoms with Crippen LogP contribution in [0.15, 0.2) is 42.5 Å². The van der Waals surface area contributed by atoms with E-state index in [0.29, 0.717) is 0 Å². The first kappa shape index (κ1) is 14.1. The van der Waals surface area contributed by atoms with Gasteiger partial charge in [0.05, 0.1) is 11.1 Å². The van der Waals surface area contributed by atoms with Crippen molar-refractivity contribution in [3.05, 3.63) is 59.2 Å². The van der Waals surface area contributed by atoms with E-state index in [1.165, 1.54) is 30.3 Å². The fraction of sp³-hybridized carbons (Fsp3) is 0.0667. The van der Waals surface area contributed by atoms with Gasteiger partial charge in [-0.05, 0) is 24.3 Å². The number of esters is 2. The zero-order valence-corrected chi connectivity index (χ0v) is 10.8. The van der Waals surface area contributed by atoms with Gasteiger partial charge in [0.2, 0.25) is 0 Å². The van der Waals surface area contributed by atoms with Gasteiger partial charge < -0.3 is 9.47 Å². The Labute approximate surface area is 122 Å². The first-order valence-electron chi connectivity index (χ1n) is 6.11. The van der Waals surface area contributed by atoms with Gasteiger partial charge in [-0.1, -0.05) is 18.2 Å². The number of ether oxygens (including phenoxy) is 2. The summed E-state index contributed by atoms with van der Waals surface area (Å²) < 4.78 is 48.5. The van der Waals surface area contributed by atoms with E-state index in [-0.39, 0.29) is 16.9 Å². The minimum absolute atomic E-state index is 0.0352. The molecule has 4 nitrogen and oxygen atoms in total. The number of hydrogen-bond donors (Lipinski definition) is 0. The van der Waals surface area contributed by atoms with Crippen LogP contribution in [-0.4, -0.2) is 11.9 Å². The summed E-state index contributed by atoms with van der Waals surface area (Å²) in [5, 5.41) is 0. The van der Waals surface area contributed by atoms with Gasteiger partial charge in [0.25, 0.3) is 0 Å². The van der Waals surface area contributed by atoms with Gasteiger partial charge in [-0.25, -0.2) is 9.59 Å². The van der Waals surface area contributed by atoms with Crippen molar-refractivity contribution in [3.8, 4) is 11.5 Å². The molecule has 0 saturated heterocycles. The lowest BCUT2D eigenvalue weighted by molar-refractivity contribution is -0.138. The first-order chi connectivity index (χ1) is 10.4. The van der Waals surface area contributed by atoms with E-state index in [1.54, 1.807) is 0 Å². The molecule has 0 radical (unpaired) electrons. The first-order valence-corrected chi connectivity index (χ1v) is 6.11. The van der Waals surface area contributed by atoms with Crippen molar-refractivity contribution in [2.24, 2.45) is 0 Å². The van der Waals surface area contributed by atoms with Crippen molar-refractivity contribution in [1.29, 1.82) is 0 Å². The summed E-state index contributed by atoms with van der Waals surface area (Å²) in [6.45, 7) is 0. The molecule has 0 spiro atoms. The highest BCUT2D eigenvalue weighted by molar-refractivity contribution is 6.16. The zero-order valence-electron chi connectivity index (χ0n) is 10.8. The number of halogens is 3. The number of hydrogen-bond acceptors (Lipinski definition) is 4. The van der Waals surface area contributed by atoms with E-state index < -0.39 is 29.4 Å². The molecule has 0 amide bonds. The van der Waals surface area contributed by atoms with E-state index in [2.05, 4.69) is 4.74 Å². The number of benzene rings is 2. The van der Waals surface area contributed by atoms with Crippen LogP contribution in [0.2, 0.25) is 0 Å². The van der Waals surface area contributed by atoms with Gasteiger partial charge in [-0.15, -0.1) is 0 Å². The second kappa shape index (κ2) is 4.87. The Hall–Kier alpha value is -2.83. The standard InChI is InChI=1S/C15H7F3O4/c16-15(17,18)9-5-1-2-6-10(9)21-11-7-3-4-8-12(11)14(20)22-13(8)19/h1-7H. The molecule has 3 rings (SSSR count). The highest BCUT2D eigenvalue weighted by Crippen LogP contribution is 2.39. The summed E-state index contributed by atoms with van der Waals surface area (Å²) in [4.78, 5) is 23.1. The molecule has 22 heavy (non-hydrogen) atoms. The third-order valence-corrected chi connectivity index (χ3v) is 3.05. The number of cyclic esters (lactones) is 2. The van der Waals surface area contributed by atoms with E-state index in [0.717, 1.165) is 12.1 Å². The zero-order chi connectivity index (χ0) is 15.9. The topological polar surface area (TPSA) is 52.6 Å². The molecule has 1 heterocycles. The Bertz CT molecular complexity index is 781. The molecular formula is C15H7F3O4. The lowest BCUT2D eigenvalue weighted by Crippen LogP contribution is -2.07. The summed E-state index contributed by atoms with van der Waals surface area (Å²) in [5.41, 5.74) is -1.19. The van der Waals surface area contributed by atoms with Crippen molar-refractivity contribution >= 4 is 11.9 Å². The molecular weight excluding hydrogens is 301 g/mol. The van der Waals surface area contributed by atoms with Crippen molar-refractivity contribution in [3.63, 3.8) is 0 Å². The molecule has 2 aromatic carbocycles. The lowest BCUT2D eigenvalue weighted by atomic mass is 10.1. The van der Waals surface area contributed by atoms with Gasteiger partial charge in [-0.3, -0.25) is 0 Å². The molecule has 112 valence electrons. The monoisotopic (exact) mass is 308 g/mol. The van der Waals surface area contributed by atoms with Crippen LogP contribution in [0.4, 0.5) is 13.2 Å². The average molecular weight is 308 g/mol. The highest BCUT2D eigenvalue weighted by Gasteiger charge is 2.36. The maximum Gasteiger partial charge on any atom is 0.419 e. The Morgan fingerprint density at radius 3 is 2.27 bits per heavy atom. The third-order valence-electron chi connectivity index (χ3n) is 3.05. The number of carbonyl (C=O) groups is 2. The smallest absolute Gasteiger partial charge is 0.419 e. The number of carbonyl (C=O) groups excluding carboxylic acids is 2. The molecule has 0 aliphatic carbocycles. The second-order valence-corrected chi connectivity index (χ2v) is 4.45. The summed E-state index contributed by atoms with van der Waals surface area (Å²) in [5.74, 6) is -2.42. The van der Waals surface area contributed by atoms with Crippen LogP contribution in [0.3, 0.4) is 0 Å². The number of fused-ring (bicyclic) bond motifs is 1. The van der Waals surface area contributed by atoms with Crippen LogP contribution >= 0.6 is 0 Å².